The average molecular weight is 228 g/mol. The van der Waals surface area contributed by atoms with E-state index in [9.17, 15) is 13.9 Å². The summed E-state index contributed by atoms with van der Waals surface area (Å²) in [5, 5.41) is 9.32. The van der Waals surface area contributed by atoms with Crippen LogP contribution in [0.3, 0.4) is 0 Å². The van der Waals surface area contributed by atoms with Gasteiger partial charge < -0.3 is 9.84 Å². The van der Waals surface area contributed by atoms with Crippen molar-refractivity contribution in [1.82, 2.24) is 0 Å². The van der Waals surface area contributed by atoms with E-state index in [1.807, 2.05) is 30.3 Å². The molecule has 0 bridgehead atoms. The topological polar surface area (TPSA) is 29.5 Å². The minimum absolute atomic E-state index is 0.0253. The second kappa shape index (κ2) is 4.47. The van der Waals surface area contributed by atoms with Crippen LogP contribution in [0, 0.1) is 0 Å². The molecule has 0 amide bonds. The van der Waals surface area contributed by atoms with Crippen molar-refractivity contribution >= 4 is 0 Å². The normalized spacial score (nSPS) is 29.1. The number of aliphatic hydroxyl groups is 1. The quantitative estimate of drug-likeness (QED) is 0.857. The van der Waals surface area contributed by atoms with Gasteiger partial charge in [0.05, 0.1) is 12.7 Å². The molecule has 0 radical (unpaired) electrons. The molecule has 2 nitrogen and oxygen atoms in total. The molecule has 0 aliphatic heterocycles. The molecule has 1 aliphatic carbocycles. The first-order valence-corrected chi connectivity index (χ1v) is 5.26. The Hall–Kier alpha value is -1.00. The van der Waals surface area contributed by atoms with Gasteiger partial charge in [-0.1, -0.05) is 30.3 Å². The molecule has 1 N–H and O–H groups in total. The maximum Gasteiger partial charge on any atom is 0.267 e. The van der Waals surface area contributed by atoms with E-state index in [4.69, 9.17) is 4.74 Å². The van der Waals surface area contributed by atoms with Crippen LogP contribution < -0.4 is 0 Å². The highest BCUT2D eigenvalue weighted by Crippen LogP contribution is 2.39. The molecule has 2 rings (SSSR count). The van der Waals surface area contributed by atoms with Crippen molar-refractivity contribution in [2.45, 2.75) is 37.6 Å². The van der Waals surface area contributed by atoms with E-state index in [1.165, 1.54) is 0 Å². The summed E-state index contributed by atoms with van der Waals surface area (Å²) < 4.78 is 30.0. The van der Waals surface area contributed by atoms with Gasteiger partial charge in [-0.3, -0.25) is 0 Å². The van der Waals surface area contributed by atoms with Crippen molar-refractivity contribution in [3.63, 3.8) is 0 Å². The van der Waals surface area contributed by atoms with Crippen molar-refractivity contribution in [2.24, 2.45) is 0 Å². The van der Waals surface area contributed by atoms with E-state index in [-0.39, 0.29) is 18.9 Å². The predicted octanol–water partition coefficient (Wildman–Crippen LogP) is 2.36. The van der Waals surface area contributed by atoms with Crippen LogP contribution in [-0.4, -0.2) is 23.2 Å². The Kier molecular flexibility index (Phi) is 3.21. The van der Waals surface area contributed by atoms with Crippen LogP contribution in [-0.2, 0) is 11.3 Å². The van der Waals surface area contributed by atoms with Crippen molar-refractivity contribution in [3.05, 3.63) is 35.9 Å². The molecule has 88 valence electrons. The van der Waals surface area contributed by atoms with Gasteiger partial charge in [0.25, 0.3) is 6.43 Å². The van der Waals surface area contributed by atoms with Gasteiger partial charge in [0.15, 0.2) is 0 Å². The summed E-state index contributed by atoms with van der Waals surface area (Å²) in [5.74, 6) is 0. The van der Waals surface area contributed by atoms with Gasteiger partial charge >= 0.3 is 0 Å². The number of ether oxygens (including phenoxy) is 1. The third kappa shape index (κ3) is 2.39. The highest BCUT2D eigenvalue weighted by atomic mass is 19.3. The van der Waals surface area contributed by atoms with Gasteiger partial charge in [-0.2, -0.15) is 0 Å². The number of hydrogen-bond donors (Lipinski definition) is 1. The van der Waals surface area contributed by atoms with Crippen LogP contribution in [0.5, 0.6) is 0 Å². The first-order chi connectivity index (χ1) is 7.60. The van der Waals surface area contributed by atoms with Gasteiger partial charge in [-0.25, -0.2) is 8.78 Å². The Morgan fingerprint density at radius 3 is 2.50 bits per heavy atom. The average Bonchev–Trinajstić information content (AvgIpc) is 2.24. The van der Waals surface area contributed by atoms with Crippen LogP contribution >= 0.6 is 0 Å². The number of alkyl halides is 2. The predicted molar refractivity (Wildman–Crippen MR) is 55.2 cm³/mol. The molecule has 16 heavy (non-hydrogen) atoms. The van der Waals surface area contributed by atoms with Crippen LogP contribution in [0.1, 0.15) is 18.4 Å². The van der Waals surface area contributed by atoms with E-state index >= 15 is 0 Å². The maximum absolute atomic E-state index is 12.3. The van der Waals surface area contributed by atoms with Crippen LogP contribution in [0.4, 0.5) is 8.78 Å². The molecule has 0 spiro atoms. The molecule has 0 aromatic heterocycles. The lowest BCUT2D eigenvalue weighted by Gasteiger charge is -2.42. The molecular formula is C12H14F2O2. The largest absolute Gasteiger partial charge is 0.384 e. The lowest BCUT2D eigenvalue weighted by molar-refractivity contribution is -0.204. The Balaban J connectivity index is 1.75. The summed E-state index contributed by atoms with van der Waals surface area (Å²) in [6.07, 6.45) is -2.88. The molecule has 1 saturated carbocycles. The highest BCUT2D eigenvalue weighted by molar-refractivity contribution is 5.13. The molecule has 1 aromatic carbocycles. The summed E-state index contributed by atoms with van der Waals surface area (Å²) in [4.78, 5) is 0. The smallest absolute Gasteiger partial charge is 0.267 e. The third-order valence-corrected chi connectivity index (χ3v) is 2.90. The van der Waals surface area contributed by atoms with E-state index in [2.05, 4.69) is 0 Å². The lowest BCUT2D eigenvalue weighted by atomic mass is 9.78. The van der Waals surface area contributed by atoms with Crippen molar-refractivity contribution in [1.29, 1.82) is 0 Å². The first-order valence-electron chi connectivity index (χ1n) is 5.26. The Labute approximate surface area is 92.9 Å². The summed E-state index contributed by atoms with van der Waals surface area (Å²) in [6, 6.07) is 9.53. The Morgan fingerprint density at radius 1 is 1.31 bits per heavy atom. The second-order valence-corrected chi connectivity index (χ2v) is 4.23. The van der Waals surface area contributed by atoms with Crippen LogP contribution in [0.15, 0.2) is 30.3 Å². The monoisotopic (exact) mass is 228 g/mol. The molecule has 4 heteroatoms. The zero-order valence-corrected chi connectivity index (χ0v) is 8.77. The number of halogens is 2. The second-order valence-electron chi connectivity index (χ2n) is 4.23. The van der Waals surface area contributed by atoms with Gasteiger partial charge in [0.1, 0.15) is 5.60 Å². The van der Waals surface area contributed by atoms with E-state index in [1.54, 1.807) is 0 Å². The highest BCUT2D eigenvalue weighted by Gasteiger charge is 2.50. The zero-order valence-electron chi connectivity index (χ0n) is 8.77. The van der Waals surface area contributed by atoms with E-state index < -0.39 is 12.0 Å². The number of hydrogen-bond acceptors (Lipinski definition) is 2. The summed E-state index contributed by atoms with van der Waals surface area (Å²) in [7, 11) is 0. The maximum atomic E-state index is 12.3. The lowest BCUT2D eigenvalue weighted by Crippen LogP contribution is -2.53. The van der Waals surface area contributed by atoms with Gasteiger partial charge in [-0.15, -0.1) is 0 Å². The number of rotatable bonds is 4. The van der Waals surface area contributed by atoms with Gasteiger partial charge in [-0.05, 0) is 5.56 Å². The molecule has 0 atom stereocenters. The fraction of sp³-hybridized carbons (Fsp3) is 0.500. The SMILES string of the molecule is OC1(C(F)F)CC(OCc2ccccc2)C1. The summed E-state index contributed by atoms with van der Waals surface area (Å²) in [6.45, 7) is 0.408. The summed E-state index contributed by atoms with van der Waals surface area (Å²) >= 11 is 0. The zero-order chi connectivity index (χ0) is 11.6. The van der Waals surface area contributed by atoms with Crippen molar-refractivity contribution in [3.8, 4) is 0 Å². The molecule has 1 aromatic rings. The van der Waals surface area contributed by atoms with E-state index in [0.717, 1.165) is 5.56 Å². The van der Waals surface area contributed by atoms with Crippen LogP contribution in [0.2, 0.25) is 0 Å². The molecule has 1 aliphatic rings. The fourth-order valence-corrected chi connectivity index (χ4v) is 1.81. The van der Waals surface area contributed by atoms with Crippen molar-refractivity contribution < 1.29 is 18.6 Å². The standard InChI is InChI=1S/C12H14F2O2/c13-11(14)12(15)6-10(7-12)16-8-9-4-2-1-3-5-9/h1-5,10-11,15H,6-8H2. The summed E-state index contributed by atoms with van der Waals surface area (Å²) in [5.41, 5.74) is -0.809. The van der Waals surface area contributed by atoms with Crippen LogP contribution in [0.25, 0.3) is 0 Å². The van der Waals surface area contributed by atoms with Crippen molar-refractivity contribution in [2.75, 3.05) is 0 Å². The number of benzene rings is 1. The molecular weight excluding hydrogens is 214 g/mol. The minimum Gasteiger partial charge on any atom is -0.384 e. The molecule has 1 fully saturated rings. The minimum atomic E-state index is -2.68. The molecule has 0 heterocycles. The van der Waals surface area contributed by atoms with E-state index in [0.29, 0.717) is 6.61 Å². The molecule has 0 unspecified atom stereocenters. The van der Waals surface area contributed by atoms with Gasteiger partial charge in [0.2, 0.25) is 0 Å². The van der Waals surface area contributed by atoms with Gasteiger partial charge in [0, 0.05) is 12.8 Å². The first kappa shape index (κ1) is 11.5. The third-order valence-electron chi connectivity index (χ3n) is 2.90. The molecule has 0 saturated heterocycles. The Morgan fingerprint density at radius 2 is 1.94 bits per heavy atom. The fourth-order valence-electron chi connectivity index (χ4n) is 1.81. The Bertz CT molecular complexity index is 334.